The van der Waals surface area contributed by atoms with Crippen LogP contribution in [0.25, 0.3) is 0 Å². The Morgan fingerprint density at radius 3 is 2.10 bits per heavy atom. The van der Waals surface area contributed by atoms with Crippen molar-refractivity contribution in [1.29, 1.82) is 0 Å². The Hall–Kier alpha value is -4.55. The average molecular weight is 1070 g/mol. The standard InChI is InChI=1S/C51H74Cl3N5O11Si/c1-11-22-67-44(61)24-39(31(2)3)45(62)57-41(14-12-13-21-55-48(65)69-30-51(52,53)54)46(63)56-37-17-15-36(16-18-37)28-68-49(66)58-42-25-43(70-71(32(4)5,33(6)7)34(8)9)35(10)23-40(42)47(64)59-29-50(19-20-50)26-38(59)27-60/h11,15-18,23,25,31-34,38-39,41,60H,1,12-14,19-22,24,26-30H2,2-10H3,(H,55,65)(H,56,63)(H,57,62)(H,58,66)/t38-,39-,41-/m0/s1. The summed E-state index contributed by atoms with van der Waals surface area (Å²) in [4.78, 5) is 81.6. The number of aliphatic hydroxyl groups excluding tert-OH is 1. The van der Waals surface area contributed by atoms with Gasteiger partial charge in [-0.25, -0.2) is 9.59 Å². The number of likely N-dealkylation sites (tertiary alicyclic amines) is 1. The highest BCUT2D eigenvalue weighted by atomic mass is 35.6. The van der Waals surface area contributed by atoms with Crippen LogP contribution in [0.5, 0.6) is 5.75 Å². The number of ether oxygens (including phenoxy) is 3. The first-order valence-corrected chi connectivity index (χ1v) is 27.8. The van der Waals surface area contributed by atoms with E-state index in [9.17, 15) is 33.9 Å². The Labute approximate surface area is 435 Å². The number of amides is 5. The molecule has 1 aliphatic carbocycles. The molecular formula is C51H74Cl3N5O11Si. The molecular weight excluding hydrogens is 993 g/mol. The molecule has 16 nitrogen and oxygen atoms in total. The highest BCUT2D eigenvalue weighted by Crippen LogP contribution is 2.55. The Morgan fingerprint density at radius 1 is 0.887 bits per heavy atom. The van der Waals surface area contributed by atoms with E-state index in [2.05, 4.69) is 69.4 Å². The summed E-state index contributed by atoms with van der Waals surface area (Å²) in [7, 11) is -2.45. The molecule has 2 aromatic rings. The number of benzene rings is 2. The fraction of sp³-hybridized carbons (Fsp3) is 0.608. The zero-order valence-electron chi connectivity index (χ0n) is 42.6. The summed E-state index contributed by atoms with van der Waals surface area (Å²) in [6.45, 7) is 22.1. The van der Waals surface area contributed by atoms with Gasteiger partial charge >= 0.3 is 18.2 Å². The van der Waals surface area contributed by atoms with Crippen molar-refractivity contribution in [2.45, 2.75) is 146 Å². The van der Waals surface area contributed by atoms with Gasteiger partial charge in [-0.15, -0.1) is 0 Å². The molecule has 4 rings (SSSR count). The molecule has 1 saturated heterocycles. The molecule has 0 aromatic heterocycles. The number of aryl methyl sites for hydroxylation is 1. The Kier molecular flexibility index (Phi) is 22.0. The molecule has 71 heavy (non-hydrogen) atoms. The van der Waals surface area contributed by atoms with Crippen LogP contribution in [0.15, 0.2) is 49.1 Å². The minimum absolute atomic E-state index is 0.00243. The van der Waals surface area contributed by atoms with E-state index >= 15 is 0 Å². The highest BCUT2D eigenvalue weighted by molar-refractivity contribution is 6.78. The van der Waals surface area contributed by atoms with Crippen LogP contribution in [0.4, 0.5) is 21.0 Å². The zero-order chi connectivity index (χ0) is 52.8. The number of unbranched alkanes of at least 4 members (excludes halogenated alkanes) is 1. The molecule has 394 valence electrons. The number of alkyl carbamates (subject to hydrolysis) is 1. The van der Waals surface area contributed by atoms with E-state index in [0.29, 0.717) is 36.4 Å². The van der Waals surface area contributed by atoms with E-state index in [4.69, 9.17) is 53.4 Å². The third-order valence-electron chi connectivity index (χ3n) is 13.5. The van der Waals surface area contributed by atoms with E-state index in [-0.39, 0.29) is 90.4 Å². The molecule has 1 spiro atoms. The highest BCUT2D eigenvalue weighted by Gasteiger charge is 2.53. The maximum atomic E-state index is 14.4. The molecule has 2 fully saturated rings. The maximum absolute atomic E-state index is 14.4. The third-order valence-corrected chi connectivity index (χ3v) is 19.8. The third kappa shape index (κ3) is 17.0. The number of anilines is 2. The van der Waals surface area contributed by atoms with Crippen LogP contribution < -0.4 is 25.7 Å². The predicted molar refractivity (Wildman–Crippen MR) is 279 cm³/mol. The summed E-state index contributed by atoms with van der Waals surface area (Å²) in [5.74, 6) is -2.35. The van der Waals surface area contributed by atoms with Crippen molar-refractivity contribution in [3.05, 3.63) is 65.7 Å². The second-order valence-corrected chi connectivity index (χ2v) is 28.0. The van der Waals surface area contributed by atoms with Gasteiger partial charge in [-0.05, 0) is 103 Å². The van der Waals surface area contributed by atoms with Crippen molar-refractivity contribution >= 4 is 90.4 Å². The van der Waals surface area contributed by atoms with Gasteiger partial charge in [0, 0.05) is 24.8 Å². The second-order valence-electron chi connectivity index (χ2n) is 20.1. The molecule has 2 aromatic carbocycles. The van der Waals surface area contributed by atoms with Gasteiger partial charge in [-0.1, -0.05) is 115 Å². The predicted octanol–water partition coefficient (Wildman–Crippen LogP) is 10.4. The van der Waals surface area contributed by atoms with Gasteiger partial charge in [0.05, 0.1) is 36.2 Å². The minimum Gasteiger partial charge on any atom is -0.542 e. The van der Waals surface area contributed by atoms with Gasteiger partial charge in [0.2, 0.25) is 15.6 Å². The lowest BCUT2D eigenvalue weighted by Crippen LogP contribution is -2.50. The van der Waals surface area contributed by atoms with E-state index in [1.165, 1.54) is 6.08 Å². The number of esters is 1. The Bertz CT molecular complexity index is 2160. The topological polar surface area (TPSA) is 211 Å². The number of rotatable bonds is 25. The molecule has 3 atom stereocenters. The number of nitrogens with one attached hydrogen (secondary N) is 4. The minimum atomic E-state index is -2.45. The first kappa shape index (κ1) is 59.0. The first-order chi connectivity index (χ1) is 33.3. The number of hydrogen-bond donors (Lipinski definition) is 5. The van der Waals surface area contributed by atoms with Crippen LogP contribution in [0, 0.1) is 24.2 Å². The molecule has 0 radical (unpaired) electrons. The van der Waals surface area contributed by atoms with Crippen LogP contribution in [-0.2, 0) is 35.2 Å². The van der Waals surface area contributed by atoms with Crippen LogP contribution >= 0.6 is 34.8 Å². The van der Waals surface area contributed by atoms with E-state index in [0.717, 1.165) is 24.8 Å². The molecule has 1 heterocycles. The molecule has 1 saturated carbocycles. The molecule has 2 aliphatic rings. The Morgan fingerprint density at radius 2 is 1.54 bits per heavy atom. The monoisotopic (exact) mass is 1070 g/mol. The quantitative estimate of drug-likeness (QED) is 0.0158. The lowest BCUT2D eigenvalue weighted by Gasteiger charge is -2.42. The summed E-state index contributed by atoms with van der Waals surface area (Å²) in [5, 5.41) is 21.3. The summed E-state index contributed by atoms with van der Waals surface area (Å²) in [6, 6.07) is 8.74. The number of hydrogen-bond acceptors (Lipinski definition) is 11. The molecule has 5 N–H and O–H groups in total. The first-order valence-electron chi connectivity index (χ1n) is 24.5. The van der Waals surface area contributed by atoms with Gasteiger partial charge < -0.3 is 44.6 Å². The van der Waals surface area contributed by atoms with Crippen molar-refractivity contribution in [3.63, 3.8) is 0 Å². The maximum Gasteiger partial charge on any atom is 0.411 e. The number of carbonyl (C=O) groups is 6. The van der Waals surface area contributed by atoms with E-state index in [1.807, 2.05) is 6.92 Å². The van der Waals surface area contributed by atoms with Crippen molar-refractivity contribution in [1.82, 2.24) is 15.5 Å². The largest absolute Gasteiger partial charge is 0.542 e. The van der Waals surface area contributed by atoms with Crippen molar-refractivity contribution < 1.29 is 52.5 Å². The van der Waals surface area contributed by atoms with Gasteiger partial charge in [0.1, 0.15) is 31.6 Å². The van der Waals surface area contributed by atoms with Gasteiger partial charge in [-0.2, -0.15) is 0 Å². The number of alkyl halides is 3. The second kappa shape index (κ2) is 26.4. The summed E-state index contributed by atoms with van der Waals surface area (Å²) in [6.07, 6.45) is 3.37. The van der Waals surface area contributed by atoms with Crippen LogP contribution in [0.3, 0.4) is 0 Å². The number of carbonyl (C=O) groups excluding carboxylic acids is 6. The van der Waals surface area contributed by atoms with Crippen LogP contribution in [0.1, 0.15) is 122 Å². The zero-order valence-corrected chi connectivity index (χ0v) is 45.9. The van der Waals surface area contributed by atoms with E-state index < -0.39 is 60.6 Å². The summed E-state index contributed by atoms with van der Waals surface area (Å²) in [5.41, 5.74) is 3.13. The molecule has 0 unspecified atom stereocenters. The SMILES string of the molecule is C=CCOC(=O)C[C@H](C(=O)N[C@@H](CCCCNC(=O)OCC(Cl)(Cl)Cl)C(=O)Nc1ccc(COC(=O)Nc2cc(O[Si](C(C)C)(C(C)C)C(C)C)c(C)cc2C(=O)N2CC3(CC3)C[C@H]2CO)cc1)C(C)C. The van der Waals surface area contributed by atoms with Crippen LogP contribution in [-0.4, -0.2) is 103 Å². The summed E-state index contributed by atoms with van der Waals surface area (Å²) < 4.78 is 21.0. The van der Waals surface area contributed by atoms with Gasteiger partial charge in [-0.3, -0.25) is 24.5 Å². The van der Waals surface area contributed by atoms with Crippen molar-refractivity contribution in [2.24, 2.45) is 17.3 Å². The summed E-state index contributed by atoms with van der Waals surface area (Å²) >= 11 is 16.9. The molecule has 20 heteroatoms. The lowest BCUT2D eigenvalue weighted by molar-refractivity contribution is -0.146. The average Bonchev–Trinajstić information content (AvgIpc) is 3.96. The van der Waals surface area contributed by atoms with Crippen LogP contribution in [0.2, 0.25) is 16.6 Å². The fourth-order valence-electron chi connectivity index (χ4n) is 9.52. The Balaban J connectivity index is 1.48. The van der Waals surface area contributed by atoms with E-state index in [1.54, 1.807) is 55.1 Å². The smallest absolute Gasteiger partial charge is 0.411 e. The molecule has 5 amide bonds. The van der Waals surface area contributed by atoms with Crippen molar-refractivity contribution in [3.8, 4) is 5.75 Å². The van der Waals surface area contributed by atoms with Gasteiger partial charge in [0.15, 0.2) is 0 Å². The van der Waals surface area contributed by atoms with Gasteiger partial charge in [0.25, 0.3) is 14.2 Å². The number of halogens is 3. The molecule has 0 bridgehead atoms. The van der Waals surface area contributed by atoms with Crippen molar-refractivity contribution in [2.75, 3.05) is 43.5 Å². The molecule has 1 aliphatic heterocycles. The number of aliphatic hydroxyl groups is 1. The number of nitrogens with zero attached hydrogens (tertiary/aromatic N) is 1. The lowest BCUT2D eigenvalue weighted by atomic mass is 9.91. The normalized spacial score (nSPS) is 16.1. The fourth-order valence-corrected chi connectivity index (χ4v) is 15.0.